The van der Waals surface area contributed by atoms with Crippen molar-refractivity contribution in [2.45, 2.75) is 53.0 Å². The molecule has 0 aliphatic heterocycles. The Bertz CT molecular complexity index is 714. The lowest BCUT2D eigenvalue weighted by Gasteiger charge is -2.14. The number of rotatable bonds is 4. The van der Waals surface area contributed by atoms with Gasteiger partial charge in [0.2, 0.25) is 5.95 Å². The van der Waals surface area contributed by atoms with Gasteiger partial charge in [0.15, 0.2) is 0 Å². The summed E-state index contributed by atoms with van der Waals surface area (Å²) in [6, 6.07) is 0. The maximum Gasteiger partial charge on any atom is 0.263 e. The van der Waals surface area contributed by atoms with Gasteiger partial charge in [-0.2, -0.15) is 0 Å². The van der Waals surface area contributed by atoms with Crippen LogP contribution in [0.3, 0.4) is 0 Å². The highest BCUT2D eigenvalue weighted by atomic mass is 32.1. The molecule has 2 aromatic rings. The molecule has 0 radical (unpaired) electrons. The van der Waals surface area contributed by atoms with E-state index < -0.39 is 0 Å². The summed E-state index contributed by atoms with van der Waals surface area (Å²) in [4.78, 5) is 19.9. The molecule has 0 saturated heterocycles. The highest BCUT2D eigenvalue weighted by Gasteiger charge is 2.21. The van der Waals surface area contributed by atoms with E-state index in [2.05, 4.69) is 19.2 Å². The summed E-state index contributed by atoms with van der Waals surface area (Å²) in [5.74, 6) is 1.25. The zero-order valence-electron chi connectivity index (χ0n) is 13.0. The van der Waals surface area contributed by atoms with E-state index in [1.54, 1.807) is 15.9 Å². The number of fused-ring (bicyclic) bond motifs is 3. The van der Waals surface area contributed by atoms with E-state index in [1.165, 1.54) is 23.3 Å². The summed E-state index contributed by atoms with van der Waals surface area (Å²) in [7, 11) is 0. The standard InChI is InChI=1S/C16H23N3OS/c1-4-19-15(20)13-11-7-5-6-8-12(11)21-14(13)18-16(19)17-9-10(2)3/h10H,4-9H2,1-3H3,(H,17,18). The maximum absolute atomic E-state index is 12.8. The Morgan fingerprint density at radius 3 is 2.81 bits per heavy atom. The van der Waals surface area contributed by atoms with Gasteiger partial charge in [-0.15, -0.1) is 11.3 Å². The van der Waals surface area contributed by atoms with Crippen molar-refractivity contribution >= 4 is 27.5 Å². The second kappa shape index (κ2) is 5.79. The summed E-state index contributed by atoms with van der Waals surface area (Å²) in [5, 5.41) is 4.22. The van der Waals surface area contributed by atoms with Crippen molar-refractivity contribution in [3.63, 3.8) is 0 Å². The molecule has 2 heterocycles. The van der Waals surface area contributed by atoms with Crippen molar-refractivity contribution in [2.75, 3.05) is 11.9 Å². The third-order valence-electron chi connectivity index (χ3n) is 4.06. The van der Waals surface area contributed by atoms with Gasteiger partial charge in [0.1, 0.15) is 4.83 Å². The van der Waals surface area contributed by atoms with Crippen LogP contribution in [0, 0.1) is 5.92 Å². The van der Waals surface area contributed by atoms with Crippen LogP contribution in [0.1, 0.15) is 44.1 Å². The van der Waals surface area contributed by atoms with E-state index in [9.17, 15) is 4.79 Å². The number of anilines is 1. The molecule has 114 valence electrons. The van der Waals surface area contributed by atoms with E-state index in [0.29, 0.717) is 12.5 Å². The van der Waals surface area contributed by atoms with Gasteiger partial charge in [-0.05, 0) is 44.1 Å². The number of aromatic nitrogens is 2. The van der Waals surface area contributed by atoms with Crippen LogP contribution in [0.25, 0.3) is 10.2 Å². The smallest absolute Gasteiger partial charge is 0.263 e. The second-order valence-corrected chi connectivity index (χ2v) is 7.23. The molecule has 2 aromatic heterocycles. The lowest BCUT2D eigenvalue weighted by Crippen LogP contribution is -2.26. The highest BCUT2D eigenvalue weighted by molar-refractivity contribution is 7.18. The number of hydrogen-bond acceptors (Lipinski definition) is 4. The van der Waals surface area contributed by atoms with Crippen molar-refractivity contribution < 1.29 is 0 Å². The second-order valence-electron chi connectivity index (χ2n) is 6.15. The third-order valence-corrected chi connectivity index (χ3v) is 5.25. The largest absolute Gasteiger partial charge is 0.355 e. The van der Waals surface area contributed by atoms with E-state index in [-0.39, 0.29) is 5.56 Å². The fourth-order valence-corrected chi connectivity index (χ4v) is 4.21. The molecule has 0 atom stereocenters. The van der Waals surface area contributed by atoms with E-state index in [0.717, 1.165) is 35.6 Å². The van der Waals surface area contributed by atoms with Gasteiger partial charge < -0.3 is 5.32 Å². The Morgan fingerprint density at radius 2 is 2.10 bits per heavy atom. The van der Waals surface area contributed by atoms with E-state index in [1.807, 2.05) is 6.92 Å². The Labute approximate surface area is 129 Å². The first-order valence-electron chi connectivity index (χ1n) is 7.90. The molecule has 21 heavy (non-hydrogen) atoms. The minimum Gasteiger partial charge on any atom is -0.355 e. The van der Waals surface area contributed by atoms with Crippen LogP contribution < -0.4 is 10.9 Å². The van der Waals surface area contributed by atoms with E-state index >= 15 is 0 Å². The molecule has 1 aliphatic rings. The molecule has 0 bridgehead atoms. The Balaban J connectivity index is 2.15. The zero-order valence-corrected chi connectivity index (χ0v) is 13.8. The van der Waals surface area contributed by atoms with Crippen molar-refractivity contribution in [2.24, 2.45) is 5.92 Å². The van der Waals surface area contributed by atoms with Crippen LogP contribution in [0.4, 0.5) is 5.95 Å². The highest BCUT2D eigenvalue weighted by Crippen LogP contribution is 2.34. The van der Waals surface area contributed by atoms with Crippen LogP contribution in [0.5, 0.6) is 0 Å². The molecular weight excluding hydrogens is 282 g/mol. The monoisotopic (exact) mass is 305 g/mol. The summed E-state index contributed by atoms with van der Waals surface area (Å²) >= 11 is 1.72. The molecule has 0 fully saturated rings. The Hall–Kier alpha value is -1.36. The first kappa shape index (κ1) is 14.6. The zero-order chi connectivity index (χ0) is 15.0. The summed E-state index contributed by atoms with van der Waals surface area (Å²) in [6.07, 6.45) is 4.57. The molecule has 0 unspecified atom stereocenters. The average Bonchev–Trinajstić information content (AvgIpc) is 2.83. The molecule has 3 rings (SSSR count). The summed E-state index contributed by atoms with van der Waals surface area (Å²) in [6.45, 7) is 7.82. The predicted molar refractivity (Wildman–Crippen MR) is 89.5 cm³/mol. The number of aryl methyl sites for hydroxylation is 2. The Morgan fingerprint density at radius 1 is 1.33 bits per heavy atom. The molecular formula is C16H23N3OS. The number of nitrogens with zero attached hydrogens (tertiary/aromatic N) is 2. The quantitative estimate of drug-likeness (QED) is 0.941. The predicted octanol–water partition coefficient (Wildman–Crippen LogP) is 3.42. The fourth-order valence-electron chi connectivity index (χ4n) is 2.96. The molecule has 5 heteroatoms. The van der Waals surface area contributed by atoms with Crippen molar-refractivity contribution in [3.8, 4) is 0 Å². The van der Waals surface area contributed by atoms with Crippen LogP contribution in [0.2, 0.25) is 0 Å². The van der Waals surface area contributed by atoms with Crippen molar-refractivity contribution in [1.29, 1.82) is 0 Å². The molecule has 1 aliphatic carbocycles. The minimum atomic E-state index is 0.133. The number of hydrogen-bond donors (Lipinski definition) is 1. The summed E-state index contributed by atoms with van der Waals surface area (Å²) < 4.78 is 1.78. The van der Waals surface area contributed by atoms with Gasteiger partial charge in [-0.25, -0.2) is 4.98 Å². The minimum absolute atomic E-state index is 0.133. The fraction of sp³-hybridized carbons (Fsp3) is 0.625. The van der Waals surface area contributed by atoms with E-state index in [4.69, 9.17) is 4.98 Å². The maximum atomic E-state index is 12.8. The van der Waals surface area contributed by atoms with Gasteiger partial charge in [0.05, 0.1) is 5.39 Å². The van der Waals surface area contributed by atoms with Gasteiger partial charge in [0, 0.05) is 18.0 Å². The average molecular weight is 305 g/mol. The third kappa shape index (κ3) is 2.59. The lowest BCUT2D eigenvalue weighted by atomic mass is 9.97. The van der Waals surface area contributed by atoms with Crippen molar-refractivity contribution in [1.82, 2.24) is 9.55 Å². The molecule has 0 amide bonds. The Kier molecular flexibility index (Phi) is 4.02. The normalized spacial score (nSPS) is 14.7. The van der Waals surface area contributed by atoms with Gasteiger partial charge in [-0.1, -0.05) is 13.8 Å². The van der Waals surface area contributed by atoms with Crippen LogP contribution in [-0.2, 0) is 19.4 Å². The van der Waals surface area contributed by atoms with Gasteiger partial charge in [-0.3, -0.25) is 9.36 Å². The van der Waals surface area contributed by atoms with Crippen LogP contribution in [0.15, 0.2) is 4.79 Å². The SMILES string of the molecule is CCn1c(NCC(C)C)nc2sc3c(c2c1=O)CCCC3. The van der Waals surface area contributed by atoms with Crippen LogP contribution >= 0.6 is 11.3 Å². The van der Waals surface area contributed by atoms with Crippen LogP contribution in [-0.4, -0.2) is 16.1 Å². The van der Waals surface area contributed by atoms with Gasteiger partial charge >= 0.3 is 0 Å². The molecule has 1 N–H and O–H groups in total. The number of thiophene rings is 1. The first-order chi connectivity index (χ1) is 10.1. The number of nitrogens with one attached hydrogen (secondary N) is 1. The first-order valence-corrected chi connectivity index (χ1v) is 8.72. The summed E-state index contributed by atoms with van der Waals surface area (Å²) in [5.41, 5.74) is 1.41. The molecule has 0 spiro atoms. The molecule has 4 nitrogen and oxygen atoms in total. The topological polar surface area (TPSA) is 46.9 Å². The van der Waals surface area contributed by atoms with Gasteiger partial charge in [0.25, 0.3) is 5.56 Å². The molecule has 0 saturated carbocycles. The van der Waals surface area contributed by atoms with Crippen molar-refractivity contribution in [3.05, 3.63) is 20.8 Å². The molecule has 0 aromatic carbocycles. The lowest BCUT2D eigenvalue weighted by molar-refractivity contribution is 0.662.